The molecule has 3 atom stereocenters. The van der Waals surface area contributed by atoms with Crippen molar-refractivity contribution in [1.29, 1.82) is 0 Å². The normalized spacial score (nSPS) is 19.8. The van der Waals surface area contributed by atoms with Crippen LogP contribution in [0.1, 0.15) is 24.6 Å². The number of nitrogens with zero attached hydrogens (tertiary/aromatic N) is 3. The average molecular weight is 454 g/mol. The van der Waals surface area contributed by atoms with Crippen LogP contribution in [-0.4, -0.2) is 34.0 Å². The molecule has 0 bridgehead atoms. The first-order valence-electron chi connectivity index (χ1n) is 9.30. The average Bonchev–Trinajstić information content (AvgIpc) is 3.35. The number of hydrogen-bond donors (Lipinski definition) is 2. The van der Waals surface area contributed by atoms with E-state index in [0.29, 0.717) is 24.2 Å². The molecule has 1 fully saturated rings. The molecular weight excluding hydrogens is 435 g/mol. The molecule has 4 rings (SSSR count). The minimum absolute atomic E-state index is 0.107. The highest BCUT2D eigenvalue weighted by molar-refractivity contribution is 6.36. The van der Waals surface area contributed by atoms with Gasteiger partial charge in [0.2, 0.25) is 0 Å². The molecule has 0 spiro atoms. The predicted octanol–water partition coefficient (Wildman–Crippen LogP) is 4.60. The fourth-order valence-corrected chi connectivity index (χ4v) is 4.11. The number of nitrogen functional groups attached to an aromatic ring is 1. The summed E-state index contributed by atoms with van der Waals surface area (Å²) < 4.78 is 35.4. The van der Waals surface area contributed by atoms with Crippen molar-refractivity contribution in [3.63, 3.8) is 0 Å². The van der Waals surface area contributed by atoms with Gasteiger partial charge in [0.1, 0.15) is 18.1 Å². The first-order valence-corrected chi connectivity index (χ1v) is 10.1. The second kappa shape index (κ2) is 8.37. The van der Waals surface area contributed by atoms with Gasteiger partial charge in [0.05, 0.1) is 17.3 Å². The number of rotatable bonds is 5. The fourth-order valence-electron chi connectivity index (χ4n) is 3.43. The summed E-state index contributed by atoms with van der Waals surface area (Å²) >= 11 is 12.3. The van der Waals surface area contributed by atoms with E-state index in [2.05, 4.69) is 15.4 Å². The molecule has 1 aliphatic rings. The maximum absolute atomic E-state index is 14.0. The van der Waals surface area contributed by atoms with Gasteiger partial charge in [-0.2, -0.15) is 5.10 Å². The lowest BCUT2D eigenvalue weighted by molar-refractivity contribution is 0.227. The zero-order valence-corrected chi connectivity index (χ0v) is 17.5. The summed E-state index contributed by atoms with van der Waals surface area (Å²) in [7, 11) is 0. The number of aromatic nitrogens is 3. The predicted molar refractivity (Wildman–Crippen MR) is 112 cm³/mol. The third kappa shape index (κ3) is 3.95. The first kappa shape index (κ1) is 20.8. The number of nitrogens with two attached hydrogens (primary N) is 1. The van der Waals surface area contributed by atoms with E-state index in [9.17, 15) is 8.78 Å². The van der Waals surface area contributed by atoms with Gasteiger partial charge in [0.15, 0.2) is 11.6 Å². The van der Waals surface area contributed by atoms with Crippen molar-refractivity contribution in [2.24, 2.45) is 0 Å². The van der Waals surface area contributed by atoms with Crippen molar-refractivity contribution in [2.75, 3.05) is 18.8 Å². The zero-order chi connectivity index (χ0) is 21.4. The molecule has 6 nitrogen and oxygen atoms in total. The molecule has 0 radical (unpaired) electrons. The molecule has 3 heterocycles. The number of benzene rings is 1. The summed E-state index contributed by atoms with van der Waals surface area (Å²) in [6.45, 7) is 2.51. The van der Waals surface area contributed by atoms with E-state index in [-0.39, 0.29) is 27.7 Å². The van der Waals surface area contributed by atoms with Gasteiger partial charge in [0, 0.05) is 47.2 Å². The lowest BCUT2D eigenvalue weighted by atomic mass is 10.1. The van der Waals surface area contributed by atoms with Crippen molar-refractivity contribution in [2.45, 2.75) is 25.2 Å². The topological polar surface area (TPSA) is 78.0 Å². The van der Waals surface area contributed by atoms with Crippen LogP contribution >= 0.6 is 23.2 Å². The number of pyridine rings is 1. The van der Waals surface area contributed by atoms with E-state index in [0.717, 1.165) is 5.56 Å². The van der Waals surface area contributed by atoms with Gasteiger partial charge >= 0.3 is 0 Å². The third-order valence-corrected chi connectivity index (χ3v) is 5.77. The smallest absolute Gasteiger partial charge is 0.166 e. The van der Waals surface area contributed by atoms with Crippen LogP contribution in [0.15, 0.2) is 36.8 Å². The van der Waals surface area contributed by atoms with Gasteiger partial charge in [-0.05, 0) is 25.1 Å². The van der Waals surface area contributed by atoms with Crippen molar-refractivity contribution in [1.82, 2.24) is 20.1 Å². The summed E-state index contributed by atoms with van der Waals surface area (Å²) in [4.78, 5) is 4.18. The molecule has 10 heteroatoms. The van der Waals surface area contributed by atoms with Gasteiger partial charge < -0.3 is 15.8 Å². The third-order valence-electron chi connectivity index (χ3n) is 5.06. The van der Waals surface area contributed by atoms with Crippen LogP contribution in [0, 0.1) is 5.82 Å². The van der Waals surface area contributed by atoms with Crippen LogP contribution in [0.4, 0.5) is 14.6 Å². The Morgan fingerprint density at radius 3 is 2.80 bits per heavy atom. The molecule has 0 amide bonds. The maximum Gasteiger partial charge on any atom is 0.166 e. The standard InChI is InChI=1S/C20H19Cl2F2N5O/c1-10(18-13(21)2-3-14(23)19(18)22)30-17-4-11(5-27-20(17)25)12-6-28-29(9-12)16-8-26-7-15(16)24/h2-6,9-10,15-16,26H,7-8H2,1H3,(H2,25,27)/t10-,15?,16?/m1/s1. The lowest BCUT2D eigenvalue weighted by Gasteiger charge is -2.19. The summed E-state index contributed by atoms with van der Waals surface area (Å²) in [6, 6.07) is 3.95. The summed E-state index contributed by atoms with van der Waals surface area (Å²) in [5.74, 6) is -0.146. The van der Waals surface area contributed by atoms with Gasteiger partial charge in [-0.15, -0.1) is 0 Å². The molecule has 30 heavy (non-hydrogen) atoms. The van der Waals surface area contributed by atoms with Crippen LogP contribution in [0.3, 0.4) is 0 Å². The quantitative estimate of drug-likeness (QED) is 0.552. The Balaban J connectivity index is 1.60. The number of halogens is 4. The molecule has 3 aromatic rings. The highest BCUT2D eigenvalue weighted by Crippen LogP contribution is 2.37. The highest BCUT2D eigenvalue weighted by atomic mass is 35.5. The molecule has 0 saturated carbocycles. The number of nitrogens with one attached hydrogen (secondary N) is 1. The Morgan fingerprint density at radius 1 is 1.27 bits per heavy atom. The second-order valence-electron chi connectivity index (χ2n) is 7.07. The summed E-state index contributed by atoms with van der Waals surface area (Å²) in [5.41, 5.74) is 7.71. The van der Waals surface area contributed by atoms with Crippen molar-refractivity contribution >= 4 is 29.0 Å². The van der Waals surface area contributed by atoms with E-state index >= 15 is 0 Å². The van der Waals surface area contributed by atoms with Crippen LogP contribution in [-0.2, 0) is 0 Å². The monoisotopic (exact) mass is 453 g/mol. The number of anilines is 1. The molecule has 0 aliphatic carbocycles. The van der Waals surface area contributed by atoms with Crippen molar-refractivity contribution in [3.05, 3.63) is 58.2 Å². The van der Waals surface area contributed by atoms with Gasteiger partial charge in [-0.1, -0.05) is 23.2 Å². The van der Waals surface area contributed by atoms with Crippen LogP contribution in [0.2, 0.25) is 10.0 Å². The minimum atomic E-state index is -0.997. The van der Waals surface area contributed by atoms with Crippen LogP contribution < -0.4 is 15.8 Å². The van der Waals surface area contributed by atoms with E-state index < -0.39 is 18.1 Å². The second-order valence-corrected chi connectivity index (χ2v) is 7.86. The van der Waals surface area contributed by atoms with Crippen LogP contribution in [0.5, 0.6) is 5.75 Å². The van der Waals surface area contributed by atoms with Gasteiger partial charge in [0.25, 0.3) is 0 Å². The Kier molecular flexibility index (Phi) is 5.81. The Hall–Kier alpha value is -2.42. The fraction of sp³-hybridized carbons (Fsp3) is 0.300. The molecule has 158 valence electrons. The van der Waals surface area contributed by atoms with E-state index in [4.69, 9.17) is 33.7 Å². The molecule has 1 aromatic carbocycles. The number of ether oxygens (including phenoxy) is 1. The van der Waals surface area contributed by atoms with Gasteiger partial charge in [-0.25, -0.2) is 13.8 Å². The van der Waals surface area contributed by atoms with E-state index in [1.807, 2.05) is 0 Å². The molecule has 2 aromatic heterocycles. The minimum Gasteiger partial charge on any atom is -0.482 e. The van der Waals surface area contributed by atoms with Crippen LogP contribution in [0.25, 0.3) is 11.1 Å². The first-order chi connectivity index (χ1) is 14.3. The van der Waals surface area contributed by atoms with E-state index in [1.165, 1.54) is 12.1 Å². The molecular formula is C20H19Cl2F2N5O. The SMILES string of the molecule is C[C@@H](Oc1cc(-c2cnn(C3CNCC3F)c2)cnc1N)c1c(Cl)ccc(F)c1Cl. The highest BCUT2D eigenvalue weighted by Gasteiger charge is 2.29. The molecule has 3 N–H and O–H groups in total. The Bertz CT molecular complexity index is 1080. The largest absolute Gasteiger partial charge is 0.482 e. The van der Waals surface area contributed by atoms with Crippen molar-refractivity contribution in [3.8, 4) is 16.9 Å². The number of alkyl halides is 1. The zero-order valence-electron chi connectivity index (χ0n) is 15.9. The Labute approximate surface area is 181 Å². The molecule has 1 saturated heterocycles. The Morgan fingerprint density at radius 2 is 2.07 bits per heavy atom. The van der Waals surface area contributed by atoms with Crippen molar-refractivity contribution < 1.29 is 13.5 Å². The lowest BCUT2D eigenvalue weighted by Crippen LogP contribution is -2.18. The molecule has 1 aliphatic heterocycles. The van der Waals surface area contributed by atoms with Gasteiger partial charge in [-0.3, -0.25) is 4.68 Å². The maximum atomic E-state index is 14.0. The summed E-state index contributed by atoms with van der Waals surface area (Å²) in [6.07, 6.45) is 3.29. The molecule has 2 unspecified atom stereocenters. The van der Waals surface area contributed by atoms with E-state index in [1.54, 1.807) is 36.3 Å². The summed E-state index contributed by atoms with van der Waals surface area (Å²) in [5, 5.41) is 7.46. The number of hydrogen-bond acceptors (Lipinski definition) is 5.